The minimum atomic E-state index is -0.555. The summed E-state index contributed by atoms with van der Waals surface area (Å²) in [7, 11) is 0. The van der Waals surface area contributed by atoms with Gasteiger partial charge in [0.2, 0.25) is 5.91 Å². The van der Waals surface area contributed by atoms with Crippen LogP contribution in [0.15, 0.2) is 30.3 Å². The fourth-order valence-corrected chi connectivity index (χ4v) is 2.06. The minimum Gasteiger partial charge on any atom is -0.391 e. The van der Waals surface area contributed by atoms with Crippen molar-refractivity contribution in [2.45, 2.75) is 52.2 Å². The summed E-state index contributed by atoms with van der Waals surface area (Å²) in [5.41, 5.74) is 1.08. The Morgan fingerprint density at radius 2 is 1.89 bits per heavy atom. The SMILES string of the molecule is CCCC(C)C(=O)NC(C)C(O)Cc1ccccc1. The Morgan fingerprint density at radius 3 is 2.47 bits per heavy atom. The van der Waals surface area contributed by atoms with Crippen LogP contribution >= 0.6 is 0 Å². The van der Waals surface area contributed by atoms with Crippen LogP contribution in [-0.2, 0) is 11.2 Å². The van der Waals surface area contributed by atoms with E-state index in [9.17, 15) is 9.90 Å². The molecule has 2 N–H and O–H groups in total. The topological polar surface area (TPSA) is 49.3 Å². The number of carbonyl (C=O) groups is 1. The average molecular weight is 263 g/mol. The van der Waals surface area contributed by atoms with Gasteiger partial charge >= 0.3 is 0 Å². The first kappa shape index (κ1) is 15.7. The van der Waals surface area contributed by atoms with E-state index in [1.807, 2.05) is 44.2 Å². The van der Waals surface area contributed by atoms with Gasteiger partial charge in [0.05, 0.1) is 12.1 Å². The zero-order valence-electron chi connectivity index (χ0n) is 12.1. The minimum absolute atomic E-state index is 0.0105. The number of hydrogen-bond donors (Lipinski definition) is 2. The van der Waals surface area contributed by atoms with Crippen LogP contribution in [0, 0.1) is 5.92 Å². The lowest BCUT2D eigenvalue weighted by Crippen LogP contribution is -2.44. The second-order valence-corrected chi connectivity index (χ2v) is 5.24. The van der Waals surface area contributed by atoms with Crippen molar-refractivity contribution in [1.82, 2.24) is 5.32 Å². The Kier molecular flexibility index (Phi) is 6.57. The molecule has 19 heavy (non-hydrogen) atoms. The van der Waals surface area contributed by atoms with Crippen LogP contribution < -0.4 is 5.32 Å². The molecule has 0 aliphatic carbocycles. The summed E-state index contributed by atoms with van der Waals surface area (Å²) in [6.45, 7) is 5.84. The van der Waals surface area contributed by atoms with Gasteiger partial charge in [-0.05, 0) is 18.9 Å². The molecule has 0 aliphatic heterocycles. The maximum Gasteiger partial charge on any atom is 0.223 e. The Balaban J connectivity index is 2.44. The van der Waals surface area contributed by atoms with E-state index in [4.69, 9.17) is 0 Å². The molecule has 0 aromatic heterocycles. The van der Waals surface area contributed by atoms with E-state index in [0.717, 1.165) is 18.4 Å². The van der Waals surface area contributed by atoms with Gasteiger partial charge in [0.25, 0.3) is 0 Å². The Morgan fingerprint density at radius 1 is 1.26 bits per heavy atom. The molecule has 1 aromatic carbocycles. The van der Waals surface area contributed by atoms with Crippen LogP contribution in [0.4, 0.5) is 0 Å². The molecule has 0 aliphatic rings. The van der Waals surface area contributed by atoms with Gasteiger partial charge in [-0.3, -0.25) is 4.79 Å². The fraction of sp³-hybridized carbons (Fsp3) is 0.562. The second kappa shape index (κ2) is 7.95. The zero-order chi connectivity index (χ0) is 14.3. The van der Waals surface area contributed by atoms with Crippen molar-refractivity contribution in [2.75, 3.05) is 0 Å². The van der Waals surface area contributed by atoms with Crippen LogP contribution in [0.5, 0.6) is 0 Å². The molecular weight excluding hydrogens is 238 g/mol. The van der Waals surface area contributed by atoms with E-state index < -0.39 is 6.10 Å². The van der Waals surface area contributed by atoms with Crippen LogP contribution in [-0.4, -0.2) is 23.2 Å². The van der Waals surface area contributed by atoms with Crippen molar-refractivity contribution < 1.29 is 9.90 Å². The molecular formula is C16H25NO2. The number of hydrogen-bond acceptors (Lipinski definition) is 2. The number of aliphatic hydroxyl groups is 1. The van der Waals surface area contributed by atoms with Gasteiger partial charge in [0.1, 0.15) is 0 Å². The third kappa shape index (κ3) is 5.43. The summed E-state index contributed by atoms with van der Waals surface area (Å²) < 4.78 is 0. The van der Waals surface area contributed by atoms with Gasteiger partial charge < -0.3 is 10.4 Å². The quantitative estimate of drug-likeness (QED) is 0.794. The van der Waals surface area contributed by atoms with Crippen molar-refractivity contribution in [2.24, 2.45) is 5.92 Å². The molecule has 0 saturated heterocycles. The first-order chi connectivity index (χ1) is 9.04. The molecule has 0 radical (unpaired) electrons. The van der Waals surface area contributed by atoms with E-state index >= 15 is 0 Å². The predicted molar refractivity (Wildman–Crippen MR) is 77.8 cm³/mol. The molecule has 3 heteroatoms. The number of carbonyl (C=O) groups excluding carboxylic acids is 1. The molecule has 3 nitrogen and oxygen atoms in total. The van der Waals surface area contributed by atoms with Crippen molar-refractivity contribution in [3.05, 3.63) is 35.9 Å². The first-order valence-electron chi connectivity index (χ1n) is 7.07. The van der Waals surface area contributed by atoms with Gasteiger partial charge in [-0.15, -0.1) is 0 Å². The van der Waals surface area contributed by atoms with E-state index in [0.29, 0.717) is 6.42 Å². The monoisotopic (exact) mass is 263 g/mol. The van der Waals surface area contributed by atoms with Gasteiger partial charge in [-0.1, -0.05) is 50.6 Å². The van der Waals surface area contributed by atoms with Gasteiger partial charge in [0.15, 0.2) is 0 Å². The maximum atomic E-state index is 11.9. The number of nitrogens with one attached hydrogen (secondary N) is 1. The van der Waals surface area contributed by atoms with Gasteiger partial charge in [-0.25, -0.2) is 0 Å². The molecule has 1 aromatic rings. The van der Waals surface area contributed by atoms with Crippen LogP contribution in [0.3, 0.4) is 0 Å². The molecule has 1 rings (SSSR count). The van der Waals surface area contributed by atoms with Gasteiger partial charge in [0, 0.05) is 12.3 Å². The standard InChI is InChI=1S/C16H25NO2/c1-4-8-12(2)16(19)17-13(3)15(18)11-14-9-6-5-7-10-14/h5-7,9-10,12-13,15,18H,4,8,11H2,1-3H3,(H,17,19). The van der Waals surface area contributed by atoms with E-state index in [2.05, 4.69) is 12.2 Å². The second-order valence-electron chi connectivity index (χ2n) is 5.24. The number of benzene rings is 1. The Bertz CT molecular complexity index is 378. The average Bonchev–Trinajstić information content (AvgIpc) is 2.40. The van der Waals surface area contributed by atoms with E-state index in [1.165, 1.54) is 0 Å². The van der Waals surface area contributed by atoms with Gasteiger partial charge in [-0.2, -0.15) is 0 Å². The predicted octanol–water partition coefficient (Wildman–Crippen LogP) is 2.53. The molecule has 0 spiro atoms. The van der Waals surface area contributed by atoms with Crippen molar-refractivity contribution in [3.8, 4) is 0 Å². The highest BCUT2D eigenvalue weighted by Crippen LogP contribution is 2.09. The molecule has 1 amide bonds. The number of amides is 1. The maximum absolute atomic E-state index is 11.9. The lowest BCUT2D eigenvalue weighted by molar-refractivity contribution is -0.126. The highest BCUT2D eigenvalue weighted by molar-refractivity contribution is 5.78. The molecule has 0 heterocycles. The molecule has 0 saturated carbocycles. The summed E-state index contributed by atoms with van der Waals surface area (Å²) >= 11 is 0. The summed E-state index contributed by atoms with van der Waals surface area (Å²) in [6, 6.07) is 9.60. The molecule has 0 bridgehead atoms. The summed E-state index contributed by atoms with van der Waals surface area (Å²) in [5, 5.41) is 13.0. The largest absolute Gasteiger partial charge is 0.391 e. The van der Waals surface area contributed by atoms with Crippen LogP contribution in [0.2, 0.25) is 0 Å². The van der Waals surface area contributed by atoms with E-state index in [-0.39, 0.29) is 17.9 Å². The fourth-order valence-electron chi connectivity index (χ4n) is 2.06. The Hall–Kier alpha value is -1.35. The number of aliphatic hydroxyl groups excluding tert-OH is 1. The molecule has 106 valence electrons. The number of rotatable bonds is 7. The van der Waals surface area contributed by atoms with Crippen LogP contribution in [0.25, 0.3) is 0 Å². The normalized spacial score (nSPS) is 15.6. The van der Waals surface area contributed by atoms with Crippen molar-refractivity contribution >= 4 is 5.91 Å². The summed E-state index contributed by atoms with van der Waals surface area (Å²) in [5.74, 6) is 0.0397. The molecule has 3 unspecified atom stereocenters. The summed E-state index contributed by atoms with van der Waals surface area (Å²) in [6.07, 6.45) is 1.88. The summed E-state index contributed by atoms with van der Waals surface area (Å²) in [4.78, 5) is 11.9. The lowest BCUT2D eigenvalue weighted by Gasteiger charge is -2.22. The molecule has 0 fully saturated rings. The highest BCUT2D eigenvalue weighted by atomic mass is 16.3. The lowest BCUT2D eigenvalue weighted by atomic mass is 10.0. The zero-order valence-corrected chi connectivity index (χ0v) is 12.1. The van der Waals surface area contributed by atoms with Crippen molar-refractivity contribution in [1.29, 1.82) is 0 Å². The van der Waals surface area contributed by atoms with Crippen LogP contribution in [0.1, 0.15) is 39.2 Å². The van der Waals surface area contributed by atoms with E-state index in [1.54, 1.807) is 0 Å². The molecule has 3 atom stereocenters. The smallest absolute Gasteiger partial charge is 0.223 e. The Labute approximate surface area is 116 Å². The third-order valence-corrected chi connectivity index (χ3v) is 3.40. The van der Waals surface area contributed by atoms with Crippen molar-refractivity contribution in [3.63, 3.8) is 0 Å². The highest BCUT2D eigenvalue weighted by Gasteiger charge is 2.19. The third-order valence-electron chi connectivity index (χ3n) is 3.40. The first-order valence-corrected chi connectivity index (χ1v) is 7.07.